The van der Waals surface area contributed by atoms with Gasteiger partial charge in [-0.3, -0.25) is 9.59 Å². The number of carboxylic acids is 2. The molecule has 2 N–H and O–H groups in total. The lowest BCUT2D eigenvalue weighted by atomic mass is 9.88. The highest BCUT2D eigenvalue weighted by Crippen LogP contribution is 2.34. The van der Waals surface area contributed by atoms with Gasteiger partial charge < -0.3 is 19.7 Å². The summed E-state index contributed by atoms with van der Waals surface area (Å²) in [5.41, 5.74) is 0.335. The van der Waals surface area contributed by atoms with Gasteiger partial charge in [-0.15, -0.1) is 0 Å². The predicted octanol–water partition coefficient (Wildman–Crippen LogP) is 5.89. The van der Waals surface area contributed by atoms with Gasteiger partial charge in [-0.2, -0.15) is 0 Å². The Morgan fingerprint density at radius 1 is 0.781 bits per heavy atom. The lowest BCUT2D eigenvalue weighted by Crippen LogP contribution is -2.24. The average Bonchev–Trinajstić information content (AvgIpc) is 2.75. The number of hydrogen-bond donors (Lipinski definition) is 2. The highest BCUT2D eigenvalue weighted by Gasteiger charge is 2.27. The number of hydrogen-bond acceptors (Lipinski definition) is 4. The molecule has 0 saturated heterocycles. The van der Waals surface area contributed by atoms with E-state index in [-0.39, 0.29) is 0 Å². The van der Waals surface area contributed by atoms with Crippen LogP contribution in [0.25, 0.3) is 11.1 Å². The minimum absolute atomic E-state index is 0.418. The Hall–Kier alpha value is -3.02. The van der Waals surface area contributed by atoms with E-state index in [9.17, 15) is 19.8 Å². The van der Waals surface area contributed by atoms with Crippen LogP contribution < -0.4 is 9.47 Å². The number of aliphatic carboxylic acids is 2. The predicted molar refractivity (Wildman–Crippen MR) is 124 cm³/mol. The van der Waals surface area contributed by atoms with Crippen LogP contribution in [-0.2, 0) is 9.59 Å². The van der Waals surface area contributed by atoms with Gasteiger partial charge in [0.15, 0.2) is 0 Å². The third-order valence-electron chi connectivity index (χ3n) is 5.61. The van der Waals surface area contributed by atoms with Crippen LogP contribution in [-0.4, -0.2) is 35.4 Å². The quantitative estimate of drug-likeness (QED) is 0.376. The van der Waals surface area contributed by atoms with Crippen LogP contribution in [0.2, 0.25) is 0 Å². The van der Waals surface area contributed by atoms with Crippen LogP contribution in [0.3, 0.4) is 0 Å². The van der Waals surface area contributed by atoms with Crippen molar-refractivity contribution in [1.29, 1.82) is 0 Å². The Morgan fingerprint density at radius 3 is 1.84 bits per heavy atom. The van der Waals surface area contributed by atoms with E-state index < -0.39 is 22.8 Å². The van der Waals surface area contributed by atoms with Crippen molar-refractivity contribution in [3.8, 4) is 22.6 Å². The Morgan fingerprint density at radius 2 is 1.31 bits per heavy atom. The monoisotopic (exact) mass is 442 g/mol. The maximum Gasteiger partial charge on any atom is 0.309 e. The second kappa shape index (κ2) is 11.0. The summed E-state index contributed by atoms with van der Waals surface area (Å²) >= 11 is 0. The zero-order valence-corrected chi connectivity index (χ0v) is 19.4. The van der Waals surface area contributed by atoms with Gasteiger partial charge in [-0.25, -0.2) is 0 Å². The summed E-state index contributed by atoms with van der Waals surface area (Å²) in [6, 6.07) is 15.5. The number of rotatable bonds is 13. The number of ether oxygens (including phenoxy) is 2. The van der Waals surface area contributed by atoms with E-state index in [1.807, 2.05) is 48.5 Å². The molecular weight excluding hydrogens is 408 g/mol. The lowest BCUT2D eigenvalue weighted by molar-refractivity contribution is -0.148. The van der Waals surface area contributed by atoms with E-state index in [2.05, 4.69) is 0 Å². The molecule has 2 rings (SSSR count). The van der Waals surface area contributed by atoms with E-state index >= 15 is 0 Å². The molecule has 0 aromatic heterocycles. The SMILES string of the molecule is CC(C)(CCCOc1ccc(OCCCC(C)(C)C(=O)O)c(-c2ccccc2)c1)C(=O)O. The summed E-state index contributed by atoms with van der Waals surface area (Å²) in [6.45, 7) is 7.71. The number of carbonyl (C=O) groups is 2. The topological polar surface area (TPSA) is 93.1 Å². The van der Waals surface area contributed by atoms with Crippen LogP contribution in [0, 0.1) is 10.8 Å². The van der Waals surface area contributed by atoms with Gasteiger partial charge in [-0.1, -0.05) is 30.3 Å². The van der Waals surface area contributed by atoms with Crippen LogP contribution in [0.4, 0.5) is 0 Å². The van der Waals surface area contributed by atoms with Crippen molar-refractivity contribution in [2.75, 3.05) is 13.2 Å². The van der Waals surface area contributed by atoms with Gasteiger partial charge in [0.05, 0.1) is 24.0 Å². The van der Waals surface area contributed by atoms with E-state index in [0.717, 1.165) is 11.1 Å². The zero-order valence-electron chi connectivity index (χ0n) is 19.4. The summed E-state index contributed by atoms with van der Waals surface area (Å²) in [6.07, 6.45) is 2.32. The molecular formula is C26H34O6. The van der Waals surface area contributed by atoms with Crippen molar-refractivity contribution < 1.29 is 29.3 Å². The highest BCUT2D eigenvalue weighted by molar-refractivity contribution is 5.74. The summed E-state index contributed by atoms with van der Waals surface area (Å²) in [4.78, 5) is 22.5. The van der Waals surface area contributed by atoms with Crippen molar-refractivity contribution in [2.45, 2.75) is 53.4 Å². The molecule has 0 atom stereocenters. The molecule has 0 heterocycles. The van der Waals surface area contributed by atoms with Crippen molar-refractivity contribution in [3.63, 3.8) is 0 Å². The first-order valence-corrected chi connectivity index (χ1v) is 10.9. The average molecular weight is 443 g/mol. The van der Waals surface area contributed by atoms with Crippen LogP contribution >= 0.6 is 0 Å². The molecule has 6 heteroatoms. The smallest absolute Gasteiger partial charge is 0.309 e. The van der Waals surface area contributed by atoms with Crippen molar-refractivity contribution in [2.24, 2.45) is 10.8 Å². The van der Waals surface area contributed by atoms with Crippen molar-refractivity contribution >= 4 is 11.9 Å². The van der Waals surface area contributed by atoms with Gasteiger partial charge in [-0.05, 0) is 77.1 Å². The van der Waals surface area contributed by atoms with Crippen LogP contribution in [0.1, 0.15) is 53.4 Å². The van der Waals surface area contributed by atoms with Gasteiger partial charge in [0.25, 0.3) is 0 Å². The molecule has 0 spiro atoms. The molecule has 0 fully saturated rings. The molecule has 2 aromatic carbocycles. The molecule has 0 unspecified atom stereocenters. The molecule has 0 aliphatic rings. The van der Waals surface area contributed by atoms with Crippen molar-refractivity contribution in [3.05, 3.63) is 48.5 Å². The minimum Gasteiger partial charge on any atom is -0.494 e. The standard InChI is InChI=1S/C26H34O6/c1-25(2,23(27)28)14-8-16-31-20-12-13-22(21(18-20)19-10-6-5-7-11-19)32-17-9-15-26(3,4)24(29)30/h5-7,10-13,18H,8-9,14-17H2,1-4H3,(H,27,28)(H,29,30). The molecule has 0 aliphatic carbocycles. The molecule has 2 aromatic rings. The lowest BCUT2D eigenvalue weighted by Gasteiger charge is -2.20. The molecule has 0 bridgehead atoms. The van der Waals surface area contributed by atoms with E-state index in [1.165, 1.54) is 0 Å². The zero-order chi connectivity index (χ0) is 23.8. The van der Waals surface area contributed by atoms with Gasteiger partial charge in [0.2, 0.25) is 0 Å². The molecule has 32 heavy (non-hydrogen) atoms. The van der Waals surface area contributed by atoms with Gasteiger partial charge >= 0.3 is 11.9 Å². The summed E-state index contributed by atoms with van der Waals surface area (Å²) < 4.78 is 11.9. The Kier molecular flexibility index (Phi) is 8.70. The first-order valence-electron chi connectivity index (χ1n) is 10.9. The fourth-order valence-corrected chi connectivity index (χ4v) is 3.18. The normalized spacial score (nSPS) is 11.8. The summed E-state index contributed by atoms with van der Waals surface area (Å²) in [5, 5.41) is 18.5. The molecule has 174 valence electrons. The first-order chi connectivity index (χ1) is 15.0. The molecule has 6 nitrogen and oxygen atoms in total. The van der Waals surface area contributed by atoms with Gasteiger partial charge in [0.1, 0.15) is 11.5 Å². The van der Waals surface area contributed by atoms with E-state index in [1.54, 1.807) is 27.7 Å². The maximum atomic E-state index is 11.3. The molecule has 0 aliphatic heterocycles. The molecule has 0 amide bonds. The Labute approximate surface area is 190 Å². The number of carboxylic acid groups (broad SMARTS) is 2. The Balaban J connectivity index is 2.04. The Bertz CT molecular complexity index is 902. The van der Waals surface area contributed by atoms with Crippen LogP contribution in [0.15, 0.2) is 48.5 Å². The molecule has 0 radical (unpaired) electrons. The molecule has 0 saturated carbocycles. The first kappa shape index (κ1) is 25.2. The van der Waals surface area contributed by atoms with E-state index in [4.69, 9.17) is 9.47 Å². The second-order valence-electron chi connectivity index (χ2n) is 9.31. The minimum atomic E-state index is -0.810. The fraction of sp³-hybridized carbons (Fsp3) is 0.462. The third kappa shape index (κ3) is 7.29. The maximum absolute atomic E-state index is 11.3. The van der Waals surface area contributed by atoms with Crippen LogP contribution in [0.5, 0.6) is 11.5 Å². The fourth-order valence-electron chi connectivity index (χ4n) is 3.18. The highest BCUT2D eigenvalue weighted by atomic mass is 16.5. The van der Waals surface area contributed by atoms with E-state index in [0.29, 0.717) is 50.4 Å². The van der Waals surface area contributed by atoms with Gasteiger partial charge in [0, 0.05) is 5.56 Å². The summed E-state index contributed by atoms with van der Waals surface area (Å²) in [5.74, 6) is -0.215. The number of benzene rings is 2. The largest absolute Gasteiger partial charge is 0.494 e. The summed E-state index contributed by atoms with van der Waals surface area (Å²) in [7, 11) is 0. The second-order valence-corrected chi connectivity index (χ2v) is 9.31. The third-order valence-corrected chi connectivity index (χ3v) is 5.61. The van der Waals surface area contributed by atoms with Crippen molar-refractivity contribution in [1.82, 2.24) is 0 Å².